The number of carbonyl (C=O) groups is 2. The van der Waals surface area contributed by atoms with E-state index < -0.39 is 10.3 Å². The van der Waals surface area contributed by atoms with Crippen molar-refractivity contribution in [3.05, 3.63) is 81.9 Å². The maximum absolute atomic E-state index is 12.4. The number of ether oxygens (including phenoxy) is 1. The van der Waals surface area contributed by atoms with Crippen molar-refractivity contribution in [3.8, 4) is 0 Å². The number of fused-ring (bicyclic) bond motifs is 1. The van der Waals surface area contributed by atoms with E-state index in [1.54, 1.807) is 24.3 Å². The number of nitro benzene ring substituents is 1. The van der Waals surface area contributed by atoms with Gasteiger partial charge in [0.25, 0.3) is 5.69 Å². The van der Waals surface area contributed by atoms with Crippen molar-refractivity contribution in [2.45, 2.75) is 25.7 Å². The Bertz CT molecular complexity index is 1030. The predicted molar refractivity (Wildman–Crippen MR) is 111 cm³/mol. The Hall–Kier alpha value is -3.48. The van der Waals surface area contributed by atoms with E-state index in [2.05, 4.69) is 11.9 Å². The molecule has 2 fully saturated rings. The summed E-state index contributed by atoms with van der Waals surface area (Å²) in [4.78, 5) is 35.1. The molecule has 2 unspecified atom stereocenters. The normalized spacial score (nSPS) is 22.5. The number of rotatable bonds is 6. The van der Waals surface area contributed by atoms with Crippen LogP contribution in [0.3, 0.4) is 0 Å². The van der Waals surface area contributed by atoms with Crippen molar-refractivity contribution in [1.29, 1.82) is 0 Å². The Morgan fingerprint density at radius 2 is 2.00 bits per heavy atom. The smallest absolute Gasteiger partial charge is 0.313 e. The Morgan fingerprint density at radius 1 is 1.23 bits per heavy atom. The lowest BCUT2D eigenvalue weighted by Crippen LogP contribution is -2.31. The molecule has 1 aliphatic carbocycles. The quantitative estimate of drug-likeness (QED) is 0.340. The summed E-state index contributed by atoms with van der Waals surface area (Å²) in [6.07, 6.45) is 2.13. The number of non-ortho nitro benzene ring substituents is 1. The van der Waals surface area contributed by atoms with Crippen LogP contribution in [0.15, 0.2) is 60.7 Å². The fourth-order valence-corrected chi connectivity index (χ4v) is 4.50. The van der Waals surface area contributed by atoms with E-state index in [1.807, 2.05) is 12.1 Å². The average molecular weight is 406 g/mol. The van der Waals surface area contributed by atoms with Crippen LogP contribution in [0.2, 0.25) is 0 Å². The molecule has 154 valence electrons. The lowest BCUT2D eigenvalue weighted by molar-refractivity contribution is -0.384. The van der Waals surface area contributed by atoms with Crippen LogP contribution in [0.5, 0.6) is 0 Å². The molecule has 0 radical (unpaired) electrons. The number of hydrogen-bond donors (Lipinski definition) is 1. The van der Waals surface area contributed by atoms with Gasteiger partial charge in [0, 0.05) is 23.7 Å². The molecule has 2 aliphatic rings. The lowest BCUT2D eigenvalue weighted by atomic mass is 9.75. The van der Waals surface area contributed by atoms with Crippen LogP contribution in [0.1, 0.15) is 24.0 Å². The molecule has 1 saturated heterocycles. The van der Waals surface area contributed by atoms with Crippen molar-refractivity contribution in [2.75, 3.05) is 11.9 Å². The second kappa shape index (κ2) is 7.74. The molecule has 0 spiro atoms. The van der Waals surface area contributed by atoms with Crippen molar-refractivity contribution in [1.82, 2.24) is 0 Å². The Labute approximate surface area is 173 Å². The molecule has 2 aromatic rings. The summed E-state index contributed by atoms with van der Waals surface area (Å²) in [6, 6.07) is 13.4. The minimum Gasteiger partial charge on any atom is -0.465 e. The molecule has 2 aromatic carbocycles. The van der Waals surface area contributed by atoms with Crippen LogP contribution in [0, 0.1) is 21.4 Å². The number of anilines is 1. The van der Waals surface area contributed by atoms with Crippen LogP contribution >= 0.6 is 0 Å². The third kappa shape index (κ3) is 3.83. The van der Waals surface area contributed by atoms with E-state index in [-0.39, 0.29) is 29.9 Å². The van der Waals surface area contributed by atoms with E-state index >= 15 is 0 Å². The van der Waals surface area contributed by atoms with Gasteiger partial charge in [-0.15, -0.1) is 0 Å². The molecule has 1 heterocycles. The Morgan fingerprint density at radius 3 is 2.73 bits per heavy atom. The lowest BCUT2D eigenvalue weighted by Gasteiger charge is -2.24. The zero-order valence-corrected chi connectivity index (χ0v) is 16.4. The molecule has 2 atom stereocenters. The maximum Gasteiger partial charge on any atom is 0.313 e. The van der Waals surface area contributed by atoms with Gasteiger partial charge in [-0.05, 0) is 42.5 Å². The van der Waals surface area contributed by atoms with Crippen molar-refractivity contribution >= 4 is 23.3 Å². The molecular formula is C23H22N2O5. The Kier molecular flexibility index (Phi) is 5.11. The molecule has 0 aromatic heterocycles. The van der Waals surface area contributed by atoms with Crippen LogP contribution in [0.4, 0.5) is 11.4 Å². The number of carbonyl (C=O) groups excluding carboxylic acids is 2. The fraction of sp³-hybridized carbons (Fsp3) is 0.304. The van der Waals surface area contributed by atoms with E-state index in [9.17, 15) is 19.7 Å². The molecule has 0 bridgehead atoms. The van der Waals surface area contributed by atoms with Crippen molar-refractivity contribution < 1.29 is 19.2 Å². The Balaban J connectivity index is 1.40. The molecule has 1 aliphatic heterocycles. The summed E-state index contributed by atoms with van der Waals surface area (Å²) in [5.74, 6) is -0.208. The van der Waals surface area contributed by atoms with Gasteiger partial charge in [-0.1, -0.05) is 36.4 Å². The summed E-state index contributed by atoms with van der Waals surface area (Å²) in [7, 11) is 0. The second-order valence-corrected chi connectivity index (χ2v) is 8.11. The first-order valence-electron chi connectivity index (χ1n) is 9.82. The fourth-order valence-electron chi connectivity index (χ4n) is 4.50. The van der Waals surface area contributed by atoms with Gasteiger partial charge in [-0.25, -0.2) is 0 Å². The van der Waals surface area contributed by atoms with Gasteiger partial charge in [0.1, 0.15) is 0 Å². The molecule has 1 amide bonds. The van der Waals surface area contributed by atoms with Gasteiger partial charge in [-0.2, -0.15) is 0 Å². The minimum atomic E-state index is -0.510. The highest BCUT2D eigenvalue weighted by Crippen LogP contribution is 2.52. The van der Waals surface area contributed by atoms with E-state index in [0.717, 1.165) is 17.6 Å². The molecule has 1 N–H and O–H groups in total. The number of nitrogens with zero attached hydrogens (tertiary/aromatic N) is 1. The first kappa shape index (κ1) is 19.8. The number of allylic oxidation sites excluding steroid dienone is 1. The first-order chi connectivity index (χ1) is 14.4. The van der Waals surface area contributed by atoms with Crippen molar-refractivity contribution in [3.63, 3.8) is 0 Å². The minimum absolute atomic E-state index is 0.0395. The molecular weight excluding hydrogens is 384 g/mol. The highest BCUT2D eigenvalue weighted by molar-refractivity contribution is 5.92. The average Bonchev–Trinajstić information content (AvgIpc) is 3.17. The van der Waals surface area contributed by atoms with Gasteiger partial charge in [0.05, 0.1) is 23.4 Å². The highest BCUT2D eigenvalue weighted by atomic mass is 16.6. The van der Waals surface area contributed by atoms with Crippen LogP contribution < -0.4 is 5.32 Å². The predicted octanol–water partition coefficient (Wildman–Crippen LogP) is 3.83. The van der Waals surface area contributed by atoms with E-state index in [0.29, 0.717) is 30.7 Å². The third-order valence-electron chi connectivity index (χ3n) is 5.95. The molecule has 7 heteroatoms. The van der Waals surface area contributed by atoms with Crippen LogP contribution in [-0.4, -0.2) is 23.4 Å². The number of cyclic esters (lactones) is 1. The number of benzene rings is 2. The van der Waals surface area contributed by atoms with Gasteiger partial charge in [0.15, 0.2) is 0 Å². The van der Waals surface area contributed by atoms with Gasteiger partial charge in [0.2, 0.25) is 5.91 Å². The molecule has 30 heavy (non-hydrogen) atoms. The van der Waals surface area contributed by atoms with E-state index in [1.165, 1.54) is 12.1 Å². The summed E-state index contributed by atoms with van der Waals surface area (Å²) in [5, 5.41) is 13.7. The maximum atomic E-state index is 12.4. The number of esters is 1. The summed E-state index contributed by atoms with van der Waals surface area (Å²) in [5.41, 5.74) is 2.76. The van der Waals surface area contributed by atoms with Gasteiger partial charge < -0.3 is 10.1 Å². The van der Waals surface area contributed by atoms with Gasteiger partial charge >= 0.3 is 5.97 Å². The third-order valence-corrected chi connectivity index (χ3v) is 5.95. The second-order valence-electron chi connectivity index (χ2n) is 8.11. The standard InChI is InChI=1S/C23H22N2O5/c1-15-9-18-14-30-22(27)23(18,12-15)13-16-5-7-19(8-6-16)24-21(26)11-17-3-2-4-20(10-17)25(28)29/h2-8,10,18H,1,9,11-14H2,(H,24,26). The summed E-state index contributed by atoms with van der Waals surface area (Å²) >= 11 is 0. The largest absolute Gasteiger partial charge is 0.465 e. The van der Waals surface area contributed by atoms with E-state index in [4.69, 9.17) is 4.74 Å². The number of amides is 1. The van der Waals surface area contributed by atoms with Crippen LogP contribution in [-0.2, 0) is 27.2 Å². The SMILES string of the molecule is C=C1CC2COC(=O)C2(Cc2ccc(NC(=O)Cc3cccc([N+](=O)[O-])c3)cc2)C1. The highest BCUT2D eigenvalue weighted by Gasteiger charge is 2.55. The molecule has 7 nitrogen and oxygen atoms in total. The number of nitrogens with one attached hydrogen (secondary N) is 1. The summed E-state index contributed by atoms with van der Waals surface area (Å²) < 4.78 is 5.32. The zero-order chi connectivity index (χ0) is 21.3. The van der Waals surface area contributed by atoms with Crippen molar-refractivity contribution in [2.24, 2.45) is 11.3 Å². The van der Waals surface area contributed by atoms with Gasteiger partial charge in [-0.3, -0.25) is 19.7 Å². The first-order valence-corrected chi connectivity index (χ1v) is 9.82. The molecule has 4 rings (SSSR count). The molecule has 1 saturated carbocycles. The summed E-state index contributed by atoms with van der Waals surface area (Å²) in [6.45, 7) is 4.52. The topological polar surface area (TPSA) is 98.5 Å². The monoisotopic (exact) mass is 406 g/mol. The van der Waals surface area contributed by atoms with Crippen LogP contribution in [0.25, 0.3) is 0 Å². The number of nitro groups is 1. The number of hydrogen-bond acceptors (Lipinski definition) is 5. The zero-order valence-electron chi connectivity index (χ0n) is 16.4.